The normalized spacial score (nSPS) is 14.2. The zero-order valence-corrected chi connectivity index (χ0v) is 24.6. The average molecular weight is 549 g/mol. The molecule has 2 atom stereocenters. The Kier molecular flexibility index (Phi) is 21.2. The van der Waals surface area contributed by atoms with Crippen molar-refractivity contribution in [2.24, 2.45) is 0 Å². The summed E-state index contributed by atoms with van der Waals surface area (Å²) in [6, 6.07) is -0.626. The topological polar surface area (TPSA) is 99.1 Å². The highest BCUT2D eigenvalue weighted by Crippen LogP contribution is 2.09. The van der Waals surface area contributed by atoms with Crippen molar-refractivity contribution in [3.8, 4) is 0 Å². The quantitative estimate of drug-likeness (QED) is 0.0818. The van der Waals surface area contributed by atoms with Crippen LogP contribution in [0.4, 0.5) is 0 Å². The molecule has 0 heterocycles. The third kappa shape index (κ3) is 21.6. The van der Waals surface area contributed by atoms with Crippen LogP contribution in [0.1, 0.15) is 65.2 Å². The Hall–Kier alpha value is -2.97. The van der Waals surface area contributed by atoms with Gasteiger partial charge in [-0.25, -0.2) is 4.79 Å². The highest BCUT2D eigenvalue weighted by Gasteiger charge is 2.31. The van der Waals surface area contributed by atoms with E-state index in [0.29, 0.717) is 12.8 Å². The summed E-state index contributed by atoms with van der Waals surface area (Å²) in [6.07, 6.45) is 25.1. The lowest BCUT2D eigenvalue weighted by atomic mass is 10.1. The van der Waals surface area contributed by atoms with Crippen LogP contribution < -0.4 is 0 Å². The molecule has 0 saturated carbocycles. The number of carboxylic acid groups (broad SMARTS) is 1. The Morgan fingerprint density at radius 2 is 1.26 bits per heavy atom. The molecule has 0 aliphatic heterocycles. The second kappa shape index (κ2) is 23.0. The van der Waals surface area contributed by atoms with Crippen molar-refractivity contribution in [2.75, 3.05) is 41.0 Å². The van der Waals surface area contributed by atoms with Gasteiger partial charge < -0.3 is 23.8 Å². The van der Waals surface area contributed by atoms with E-state index in [0.717, 1.165) is 25.7 Å². The lowest BCUT2D eigenvalue weighted by Crippen LogP contribution is -2.50. The van der Waals surface area contributed by atoms with Crippen molar-refractivity contribution in [3.63, 3.8) is 0 Å². The van der Waals surface area contributed by atoms with E-state index in [1.807, 2.05) is 33.3 Å². The van der Waals surface area contributed by atoms with Crippen LogP contribution in [0.3, 0.4) is 0 Å². The van der Waals surface area contributed by atoms with Crippen LogP contribution in [0.2, 0.25) is 0 Å². The molecule has 0 saturated heterocycles. The molecule has 220 valence electrons. The number of ether oxygens (including phenoxy) is 3. The van der Waals surface area contributed by atoms with E-state index in [2.05, 4.69) is 49.5 Å². The van der Waals surface area contributed by atoms with Gasteiger partial charge in [-0.1, -0.05) is 74.6 Å². The molecule has 2 unspecified atom stereocenters. The van der Waals surface area contributed by atoms with E-state index in [4.69, 9.17) is 14.2 Å². The molecule has 0 aliphatic rings. The molecule has 1 N–H and O–H groups in total. The van der Waals surface area contributed by atoms with Gasteiger partial charge in [-0.2, -0.15) is 0 Å². The number of likely N-dealkylation sites (N-methyl/N-ethyl adjacent to an activating group) is 1. The van der Waals surface area contributed by atoms with Crippen molar-refractivity contribution in [3.05, 3.63) is 60.8 Å². The maximum atomic E-state index is 12.3. The van der Waals surface area contributed by atoms with Gasteiger partial charge in [-0.05, 0) is 32.1 Å². The number of carbonyl (C=O) groups excluding carboxylic acids is 2. The van der Waals surface area contributed by atoms with E-state index in [1.54, 1.807) is 13.0 Å². The van der Waals surface area contributed by atoms with Crippen LogP contribution in [-0.4, -0.2) is 80.6 Å². The van der Waals surface area contributed by atoms with Crippen LogP contribution in [-0.2, 0) is 28.6 Å². The van der Waals surface area contributed by atoms with Gasteiger partial charge in [0, 0.05) is 12.8 Å². The summed E-state index contributed by atoms with van der Waals surface area (Å²) >= 11 is 0. The molecule has 0 spiro atoms. The maximum absolute atomic E-state index is 12.3. The number of carboxylic acids is 1. The standard InChI is InChI=1S/C31H49NO7/c1-6-8-9-10-11-12-13-14-15-16-17-18-19-20-21-22-30(34)39-27(26-38-29(33)7-2)25-37-24-23-28(31(35)36)32(3,4)5/h8-9,11-12,14-15,17-18,20-21,27-28H,6-7,10,13,16,19,22-26H2,1-5H3/p+1/b9-8-,12-11-,15-14-,18-17-,21-20-. The second-order valence-corrected chi connectivity index (χ2v) is 9.89. The molecule has 0 aromatic carbocycles. The Balaban J connectivity index is 4.41. The van der Waals surface area contributed by atoms with Gasteiger partial charge in [0.05, 0.1) is 40.8 Å². The number of aliphatic carboxylic acids is 1. The van der Waals surface area contributed by atoms with E-state index in [-0.39, 0.29) is 37.1 Å². The van der Waals surface area contributed by atoms with Gasteiger partial charge in [0.25, 0.3) is 0 Å². The molecule has 39 heavy (non-hydrogen) atoms. The summed E-state index contributed by atoms with van der Waals surface area (Å²) in [7, 11) is 5.42. The number of rotatable bonds is 22. The fourth-order valence-corrected chi connectivity index (χ4v) is 3.32. The Labute approximate surface area is 235 Å². The number of hydrogen-bond acceptors (Lipinski definition) is 6. The van der Waals surface area contributed by atoms with Crippen molar-refractivity contribution in [1.82, 2.24) is 0 Å². The lowest BCUT2D eigenvalue weighted by molar-refractivity contribution is -0.887. The SMILES string of the molecule is CC/C=C\C/C=C\C/C=C\C/C=C\C/C=C\CC(=O)OC(COCCC(C(=O)O)[N+](C)(C)C)COC(=O)CC. The fraction of sp³-hybridized carbons (Fsp3) is 0.581. The predicted molar refractivity (Wildman–Crippen MR) is 155 cm³/mol. The van der Waals surface area contributed by atoms with Crippen molar-refractivity contribution >= 4 is 17.9 Å². The van der Waals surface area contributed by atoms with E-state index < -0.39 is 30.1 Å². The summed E-state index contributed by atoms with van der Waals surface area (Å²) in [5.41, 5.74) is 0. The van der Waals surface area contributed by atoms with E-state index in [1.165, 1.54) is 0 Å². The van der Waals surface area contributed by atoms with Gasteiger partial charge in [0.15, 0.2) is 12.1 Å². The molecule has 8 nitrogen and oxygen atoms in total. The summed E-state index contributed by atoms with van der Waals surface area (Å²) in [4.78, 5) is 35.3. The highest BCUT2D eigenvalue weighted by molar-refractivity contribution is 5.72. The predicted octanol–water partition coefficient (Wildman–Crippen LogP) is 5.56. The minimum absolute atomic E-state index is 0.0118. The minimum Gasteiger partial charge on any atom is -0.477 e. The first-order valence-electron chi connectivity index (χ1n) is 13.8. The first-order chi connectivity index (χ1) is 18.6. The molecule has 8 heteroatoms. The van der Waals surface area contributed by atoms with Crippen molar-refractivity contribution in [1.29, 1.82) is 0 Å². The molecule has 0 aromatic heterocycles. The molecule has 0 rings (SSSR count). The monoisotopic (exact) mass is 548 g/mol. The molecule has 0 amide bonds. The van der Waals surface area contributed by atoms with Crippen LogP contribution in [0.25, 0.3) is 0 Å². The third-order valence-electron chi connectivity index (χ3n) is 5.52. The van der Waals surface area contributed by atoms with Crippen LogP contribution in [0.5, 0.6) is 0 Å². The number of allylic oxidation sites excluding steroid dienone is 9. The van der Waals surface area contributed by atoms with Gasteiger partial charge in [0.2, 0.25) is 0 Å². The lowest BCUT2D eigenvalue weighted by Gasteiger charge is -2.31. The van der Waals surface area contributed by atoms with Crippen LogP contribution in [0.15, 0.2) is 60.8 Å². The number of esters is 2. The first-order valence-corrected chi connectivity index (χ1v) is 13.8. The van der Waals surface area contributed by atoms with Crippen LogP contribution in [0, 0.1) is 0 Å². The molecule has 0 radical (unpaired) electrons. The van der Waals surface area contributed by atoms with Crippen LogP contribution >= 0.6 is 0 Å². The maximum Gasteiger partial charge on any atom is 0.362 e. The van der Waals surface area contributed by atoms with Gasteiger partial charge >= 0.3 is 17.9 Å². The number of hydrogen-bond donors (Lipinski definition) is 1. The number of carbonyl (C=O) groups is 3. The largest absolute Gasteiger partial charge is 0.477 e. The zero-order valence-electron chi connectivity index (χ0n) is 24.6. The highest BCUT2D eigenvalue weighted by atomic mass is 16.6. The number of nitrogens with zero attached hydrogens (tertiary/aromatic N) is 1. The summed E-state index contributed by atoms with van der Waals surface area (Å²) in [5, 5.41) is 9.42. The summed E-state index contributed by atoms with van der Waals surface area (Å²) in [6.45, 7) is 3.89. The first kappa shape index (κ1) is 36.0. The van der Waals surface area contributed by atoms with Gasteiger partial charge in [0.1, 0.15) is 6.61 Å². The fourth-order valence-electron chi connectivity index (χ4n) is 3.32. The molecule has 0 fully saturated rings. The van der Waals surface area contributed by atoms with Crippen molar-refractivity contribution in [2.45, 2.75) is 77.4 Å². The minimum atomic E-state index is -0.900. The third-order valence-corrected chi connectivity index (χ3v) is 5.52. The molecular formula is C31H50NO7+. The smallest absolute Gasteiger partial charge is 0.362 e. The Morgan fingerprint density at radius 1 is 0.744 bits per heavy atom. The number of quaternary nitrogens is 1. The summed E-state index contributed by atoms with van der Waals surface area (Å²) in [5.74, 6) is -1.75. The molecule has 0 bridgehead atoms. The summed E-state index contributed by atoms with van der Waals surface area (Å²) < 4.78 is 16.4. The molecule has 0 aliphatic carbocycles. The Morgan fingerprint density at radius 3 is 1.72 bits per heavy atom. The van der Waals surface area contributed by atoms with E-state index in [9.17, 15) is 19.5 Å². The zero-order chi connectivity index (χ0) is 29.4. The Bertz CT molecular complexity index is 834. The van der Waals surface area contributed by atoms with Gasteiger partial charge in [-0.15, -0.1) is 0 Å². The molecular weight excluding hydrogens is 498 g/mol. The second-order valence-electron chi connectivity index (χ2n) is 9.89. The average Bonchev–Trinajstić information content (AvgIpc) is 2.87. The van der Waals surface area contributed by atoms with Gasteiger partial charge in [-0.3, -0.25) is 9.59 Å². The van der Waals surface area contributed by atoms with Crippen molar-refractivity contribution < 1.29 is 38.2 Å². The van der Waals surface area contributed by atoms with E-state index >= 15 is 0 Å². The molecule has 0 aromatic rings.